The molecule has 40 heavy (non-hydrogen) atoms. The van der Waals surface area contributed by atoms with Gasteiger partial charge in [0.1, 0.15) is 17.5 Å². The molecule has 4 aromatic rings. The molecule has 1 aromatic heterocycles. The van der Waals surface area contributed by atoms with Crippen molar-refractivity contribution in [1.82, 2.24) is 9.88 Å². The van der Waals surface area contributed by atoms with Gasteiger partial charge in [-0.05, 0) is 86.0 Å². The Morgan fingerprint density at radius 3 is 2.48 bits per heavy atom. The number of benzene rings is 3. The SMILES string of the molecule is CC1(C)OC[C@H](CCOc2ccc(C3c4[nH]c5ccc(Cl)cc5c4CCN3C(=O)Oc3ccc(Cl)cc3)cc2)O1. The molecule has 1 unspecified atom stereocenters. The molecule has 3 aromatic carbocycles. The summed E-state index contributed by atoms with van der Waals surface area (Å²) in [7, 11) is 0. The summed E-state index contributed by atoms with van der Waals surface area (Å²) in [6.45, 7) is 5.40. The summed E-state index contributed by atoms with van der Waals surface area (Å²) in [6, 6.07) is 20.1. The molecular formula is C31H30Cl2N2O5. The summed E-state index contributed by atoms with van der Waals surface area (Å²) in [4.78, 5) is 18.8. The molecule has 6 rings (SSSR count). The molecule has 0 aliphatic carbocycles. The van der Waals surface area contributed by atoms with Gasteiger partial charge < -0.3 is 23.9 Å². The molecule has 9 heteroatoms. The van der Waals surface area contributed by atoms with E-state index in [4.69, 9.17) is 42.1 Å². The minimum Gasteiger partial charge on any atom is -0.493 e. The Morgan fingerprint density at radius 2 is 1.75 bits per heavy atom. The van der Waals surface area contributed by atoms with Crippen LogP contribution in [0.5, 0.6) is 11.5 Å². The number of halogens is 2. The quantitative estimate of drug-likeness (QED) is 0.255. The number of nitrogens with zero attached hydrogens (tertiary/aromatic N) is 1. The highest BCUT2D eigenvalue weighted by Crippen LogP contribution is 2.40. The summed E-state index contributed by atoms with van der Waals surface area (Å²) in [5.74, 6) is 0.641. The Labute approximate surface area is 242 Å². The molecule has 0 spiro atoms. The molecule has 7 nitrogen and oxygen atoms in total. The average molecular weight is 581 g/mol. The van der Waals surface area contributed by atoms with E-state index in [1.165, 1.54) is 0 Å². The van der Waals surface area contributed by atoms with Crippen molar-refractivity contribution in [2.45, 2.75) is 44.6 Å². The molecule has 1 amide bonds. The van der Waals surface area contributed by atoms with E-state index in [1.807, 2.05) is 56.3 Å². The number of rotatable bonds is 6. The van der Waals surface area contributed by atoms with Crippen LogP contribution in [0.25, 0.3) is 10.9 Å². The summed E-state index contributed by atoms with van der Waals surface area (Å²) >= 11 is 12.3. The number of carbonyl (C=O) groups is 1. The van der Waals surface area contributed by atoms with Crippen molar-refractivity contribution in [3.63, 3.8) is 0 Å². The van der Waals surface area contributed by atoms with E-state index in [9.17, 15) is 4.79 Å². The number of H-pyrrole nitrogens is 1. The van der Waals surface area contributed by atoms with Crippen LogP contribution in [0.1, 0.15) is 43.1 Å². The van der Waals surface area contributed by atoms with Crippen LogP contribution >= 0.6 is 23.2 Å². The van der Waals surface area contributed by atoms with Gasteiger partial charge in [0, 0.05) is 39.6 Å². The molecule has 1 saturated heterocycles. The lowest BCUT2D eigenvalue weighted by Gasteiger charge is -2.35. The minimum atomic E-state index is -0.542. The van der Waals surface area contributed by atoms with E-state index in [-0.39, 0.29) is 12.1 Å². The smallest absolute Gasteiger partial charge is 0.416 e. The third-order valence-corrected chi connectivity index (χ3v) is 7.80. The average Bonchev–Trinajstić information content (AvgIpc) is 3.48. The van der Waals surface area contributed by atoms with Crippen LogP contribution in [-0.2, 0) is 15.9 Å². The molecule has 1 N–H and O–H groups in total. The van der Waals surface area contributed by atoms with Crippen molar-refractivity contribution < 1.29 is 23.7 Å². The first-order chi connectivity index (χ1) is 19.3. The van der Waals surface area contributed by atoms with Gasteiger partial charge in [0.25, 0.3) is 0 Å². The minimum absolute atomic E-state index is 0.0191. The number of hydrogen-bond donors (Lipinski definition) is 1. The molecule has 0 saturated carbocycles. The fourth-order valence-corrected chi connectivity index (χ4v) is 5.72. The lowest BCUT2D eigenvalue weighted by atomic mass is 9.92. The standard InChI is InChI=1S/C31H30Cl2N2O5/c1-31(2)38-18-24(40-31)14-16-37-22-8-3-19(4-9-22)29-28-25(26-17-21(33)7-12-27(26)34-28)13-15-35(29)30(36)39-23-10-5-20(32)6-11-23/h3-12,17,24,29,34H,13-16,18H2,1-2H3/t24-,29?/m0/s1. The number of amides is 1. The number of hydrogen-bond acceptors (Lipinski definition) is 5. The van der Waals surface area contributed by atoms with Gasteiger partial charge in [0.2, 0.25) is 0 Å². The predicted octanol–water partition coefficient (Wildman–Crippen LogP) is 7.54. The Bertz CT molecular complexity index is 1520. The Morgan fingerprint density at radius 1 is 1.02 bits per heavy atom. The molecule has 0 radical (unpaired) electrons. The van der Waals surface area contributed by atoms with E-state index in [1.54, 1.807) is 29.2 Å². The molecular weight excluding hydrogens is 551 g/mol. The van der Waals surface area contributed by atoms with E-state index in [0.717, 1.165) is 39.9 Å². The molecule has 2 aliphatic rings. The molecule has 3 heterocycles. The monoisotopic (exact) mass is 580 g/mol. The number of aromatic nitrogens is 1. The largest absolute Gasteiger partial charge is 0.493 e. The van der Waals surface area contributed by atoms with Gasteiger partial charge in [0.05, 0.1) is 19.3 Å². The van der Waals surface area contributed by atoms with Crippen LogP contribution in [0, 0.1) is 0 Å². The van der Waals surface area contributed by atoms with Crippen LogP contribution in [-0.4, -0.2) is 47.6 Å². The third kappa shape index (κ3) is 5.65. The second-order valence-electron chi connectivity index (χ2n) is 10.5. The fourth-order valence-electron chi connectivity index (χ4n) is 5.43. The zero-order chi connectivity index (χ0) is 27.9. The Balaban J connectivity index is 1.25. The zero-order valence-electron chi connectivity index (χ0n) is 22.3. The molecule has 208 valence electrons. The fraction of sp³-hybridized carbons (Fsp3) is 0.323. The lowest BCUT2D eigenvalue weighted by molar-refractivity contribution is -0.139. The van der Waals surface area contributed by atoms with Crippen molar-refractivity contribution in [2.75, 3.05) is 19.8 Å². The van der Waals surface area contributed by atoms with E-state index in [0.29, 0.717) is 42.0 Å². The van der Waals surface area contributed by atoms with Crippen LogP contribution in [0.4, 0.5) is 4.79 Å². The number of aromatic amines is 1. The zero-order valence-corrected chi connectivity index (χ0v) is 23.8. The lowest BCUT2D eigenvalue weighted by Crippen LogP contribution is -2.42. The highest BCUT2D eigenvalue weighted by atomic mass is 35.5. The summed E-state index contributed by atoms with van der Waals surface area (Å²) in [5.41, 5.74) is 4.02. The van der Waals surface area contributed by atoms with Crippen molar-refractivity contribution >= 4 is 40.2 Å². The van der Waals surface area contributed by atoms with Gasteiger partial charge in [-0.1, -0.05) is 35.3 Å². The maximum absolute atomic E-state index is 13.5. The molecule has 1 fully saturated rings. The summed E-state index contributed by atoms with van der Waals surface area (Å²) in [5, 5.41) is 2.32. The topological polar surface area (TPSA) is 73.0 Å². The van der Waals surface area contributed by atoms with Gasteiger partial charge in [-0.25, -0.2) is 4.79 Å². The first-order valence-electron chi connectivity index (χ1n) is 13.3. The van der Waals surface area contributed by atoms with Gasteiger partial charge in [-0.2, -0.15) is 0 Å². The second kappa shape index (κ2) is 11.0. The van der Waals surface area contributed by atoms with Crippen molar-refractivity contribution in [3.05, 3.63) is 93.6 Å². The maximum Gasteiger partial charge on any atom is 0.416 e. The number of ether oxygens (including phenoxy) is 4. The highest BCUT2D eigenvalue weighted by molar-refractivity contribution is 6.31. The van der Waals surface area contributed by atoms with Crippen LogP contribution < -0.4 is 9.47 Å². The van der Waals surface area contributed by atoms with E-state index >= 15 is 0 Å². The van der Waals surface area contributed by atoms with Crippen LogP contribution in [0.15, 0.2) is 66.7 Å². The number of nitrogens with one attached hydrogen (secondary N) is 1. The van der Waals surface area contributed by atoms with Crippen molar-refractivity contribution in [2.24, 2.45) is 0 Å². The van der Waals surface area contributed by atoms with Gasteiger partial charge in [-0.15, -0.1) is 0 Å². The van der Waals surface area contributed by atoms with Gasteiger partial charge in [-0.3, -0.25) is 4.90 Å². The maximum atomic E-state index is 13.5. The van der Waals surface area contributed by atoms with Crippen molar-refractivity contribution in [3.8, 4) is 11.5 Å². The first kappa shape index (κ1) is 27.0. The second-order valence-corrected chi connectivity index (χ2v) is 11.4. The van der Waals surface area contributed by atoms with Gasteiger partial charge in [0.15, 0.2) is 5.79 Å². The van der Waals surface area contributed by atoms with Gasteiger partial charge >= 0.3 is 6.09 Å². The number of fused-ring (bicyclic) bond motifs is 3. The first-order valence-corrected chi connectivity index (χ1v) is 14.1. The Kier molecular flexibility index (Phi) is 7.40. The highest BCUT2D eigenvalue weighted by Gasteiger charge is 2.36. The van der Waals surface area contributed by atoms with Crippen LogP contribution in [0.2, 0.25) is 10.0 Å². The molecule has 2 atom stereocenters. The van der Waals surface area contributed by atoms with Crippen molar-refractivity contribution in [1.29, 1.82) is 0 Å². The predicted molar refractivity (Wildman–Crippen MR) is 154 cm³/mol. The van der Waals surface area contributed by atoms with E-state index < -0.39 is 11.9 Å². The van der Waals surface area contributed by atoms with E-state index in [2.05, 4.69) is 4.98 Å². The normalized spacial score (nSPS) is 19.9. The third-order valence-electron chi connectivity index (χ3n) is 7.31. The Hall–Kier alpha value is -3.23. The molecule has 2 aliphatic heterocycles. The number of carbonyl (C=O) groups excluding carboxylic acids is 1. The molecule has 0 bridgehead atoms. The summed E-state index contributed by atoms with van der Waals surface area (Å²) < 4.78 is 23.2. The van der Waals surface area contributed by atoms with Crippen LogP contribution in [0.3, 0.4) is 0 Å². The summed E-state index contributed by atoms with van der Waals surface area (Å²) in [6.07, 6.45) is 0.994.